The minimum absolute atomic E-state index is 0.216. The second-order valence-corrected chi connectivity index (χ2v) is 2.63. The number of rotatable bonds is 0. The van der Waals surface area contributed by atoms with E-state index in [0.29, 0.717) is 0 Å². The molecule has 1 fully saturated rings. The lowest BCUT2D eigenvalue weighted by molar-refractivity contribution is 0.0145. The van der Waals surface area contributed by atoms with Crippen LogP contribution in [0, 0.1) is 5.92 Å². The van der Waals surface area contributed by atoms with Crippen molar-refractivity contribution in [2.24, 2.45) is 5.92 Å². The van der Waals surface area contributed by atoms with Crippen molar-refractivity contribution in [1.82, 2.24) is 5.32 Å². The number of piperidine rings is 1. The van der Waals surface area contributed by atoms with E-state index < -0.39 is 24.6 Å². The van der Waals surface area contributed by atoms with Crippen molar-refractivity contribution in [1.29, 1.82) is 0 Å². The smallest absolute Gasteiger partial charge is 0.156 e. The van der Waals surface area contributed by atoms with Crippen LogP contribution in [0.25, 0.3) is 0 Å². The summed E-state index contributed by atoms with van der Waals surface area (Å²) in [4.78, 5) is 0. The molecule has 0 aromatic heterocycles. The van der Waals surface area contributed by atoms with E-state index in [-0.39, 0.29) is 6.54 Å². The van der Waals surface area contributed by atoms with Crippen LogP contribution in [0.4, 0.5) is 13.2 Å². The van der Waals surface area contributed by atoms with Crippen molar-refractivity contribution in [2.75, 3.05) is 6.54 Å². The zero-order valence-electron chi connectivity index (χ0n) is 5.65. The largest absolute Gasteiger partial charge is 0.284 e. The fraction of sp³-hybridized carbons (Fsp3) is 1.00. The van der Waals surface area contributed by atoms with Gasteiger partial charge in [0, 0.05) is 12.5 Å². The SMILES string of the molecule is CC1C(F)NCC(F)C1F. The van der Waals surface area contributed by atoms with Crippen LogP contribution >= 0.6 is 0 Å². The molecular weight excluding hydrogens is 143 g/mol. The highest BCUT2D eigenvalue weighted by Crippen LogP contribution is 2.22. The molecule has 0 aromatic carbocycles. The maximum Gasteiger partial charge on any atom is 0.156 e. The maximum atomic E-state index is 12.6. The fourth-order valence-electron chi connectivity index (χ4n) is 1.01. The van der Waals surface area contributed by atoms with E-state index in [9.17, 15) is 13.2 Å². The van der Waals surface area contributed by atoms with Crippen LogP contribution in [0.2, 0.25) is 0 Å². The van der Waals surface area contributed by atoms with Crippen LogP contribution < -0.4 is 5.32 Å². The Morgan fingerprint density at radius 2 is 1.90 bits per heavy atom. The van der Waals surface area contributed by atoms with E-state index in [1.807, 2.05) is 0 Å². The van der Waals surface area contributed by atoms with Crippen molar-refractivity contribution >= 4 is 0 Å². The van der Waals surface area contributed by atoms with Crippen molar-refractivity contribution in [2.45, 2.75) is 25.6 Å². The molecule has 1 N–H and O–H groups in total. The maximum absolute atomic E-state index is 12.6. The predicted octanol–water partition coefficient (Wildman–Crippen LogP) is 1.20. The number of nitrogens with one attached hydrogen (secondary N) is 1. The summed E-state index contributed by atoms with van der Waals surface area (Å²) in [6, 6.07) is 0. The Balaban J connectivity index is 2.52. The van der Waals surface area contributed by atoms with Crippen molar-refractivity contribution in [3.8, 4) is 0 Å². The highest BCUT2D eigenvalue weighted by Gasteiger charge is 2.36. The van der Waals surface area contributed by atoms with Crippen LogP contribution in [0.5, 0.6) is 0 Å². The van der Waals surface area contributed by atoms with Gasteiger partial charge in [0.25, 0.3) is 0 Å². The van der Waals surface area contributed by atoms with E-state index in [1.165, 1.54) is 6.92 Å². The standard InChI is InChI=1S/C6H10F3N/c1-3-5(8)4(7)2-10-6(3)9/h3-6,10H,2H2,1H3. The average Bonchev–Trinajstić information content (AvgIpc) is 1.93. The van der Waals surface area contributed by atoms with Gasteiger partial charge in [0.15, 0.2) is 6.30 Å². The lowest BCUT2D eigenvalue weighted by Crippen LogP contribution is -2.50. The first-order valence-electron chi connectivity index (χ1n) is 3.28. The van der Waals surface area contributed by atoms with Gasteiger partial charge in [-0.05, 0) is 0 Å². The van der Waals surface area contributed by atoms with Gasteiger partial charge < -0.3 is 0 Å². The second-order valence-electron chi connectivity index (χ2n) is 2.63. The predicted molar refractivity (Wildman–Crippen MR) is 31.9 cm³/mol. The summed E-state index contributed by atoms with van der Waals surface area (Å²) >= 11 is 0. The minimum atomic E-state index is -1.66. The van der Waals surface area contributed by atoms with Gasteiger partial charge in [-0.2, -0.15) is 0 Å². The molecule has 10 heavy (non-hydrogen) atoms. The molecule has 0 bridgehead atoms. The molecule has 1 aliphatic rings. The average molecular weight is 153 g/mol. The highest BCUT2D eigenvalue weighted by atomic mass is 19.2. The molecule has 60 valence electrons. The van der Waals surface area contributed by atoms with Gasteiger partial charge in [-0.1, -0.05) is 6.92 Å². The second kappa shape index (κ2) is 2.78. The highest BCUT2D eigenvalue weighted by molar-refractivity contribution is 4.85. The molecule has 0 saturated carbocycles. The van der Waals surface area contributed by atoms with Crippen molar-refractivity contribution in [3.63, 3.8) is 0 Å². The van der Waals surface area contributed by atoms with Gasteiger partial charge in [-0.3, -0.25) is 5.32 Å². The molecule has 1 heterocycles. The van der Waals surface area contributed by atoms with Crippen molar-refractivity contribution in [3.05, 3.63) is 0 Å². The lowest BCUT2D eigenvalue weighted by atomic mass is 9.97. The fourth-order valence-corrected chi connectivity index (χ4v) is 1.01. The van der Waals surface area contributed by atoms with Crippen LogP contribution in [0.3, 0.4) is 0 Å². The van der Waals surface area contributed by atoms with Crippen LogP contribution in [-0.4, -0.2) is 25.2 Å². The van der Waals surface area contributed by atoms with Crippen LogP contribution in [0.15, 0.2) is 0 Å². The summed E-state index contributed by atoms with van der Waals surface area (Å²) in [5.41, 5.74) is 0. The number of hydrogen-bond donors (Lipinski definition) is 1. The van der Waals surface area contributed by atoms with E-state index in [1.54, 1.807) is 0 Å². The van der Waals surface area contributed by atoms with Crippen LogP contribution in [0.1, 0.15) is 6.92 Å². The quantitative estimate of drug-likeness (QED) is 0.515. The lowest BCUT2D eigenvalue weighted by Gasteiger charge is -2.29. The summed E-state index contributed by atoms with van der Waals surface area (Å²) < 4.78 is 37.4. The van der Waals surface area contributed by atoms with Gasteiger partial charge in [-0.25, -0.2) is 13.2 Å². The molecule has 4 unspecified atom stereocenters. The molecule has 0 spiro atoms. The molecule has 1 saturated heterocycles. The first-order valence-corrected chi connectivity index (χ1v) is 3.28. The molecule has 1 rings (SSSR count). The minimum Gasteiger partial charge on any atom is -0.284 e. The molecule has 4 heteroatoms. The molecule has 4 atom stereocenters. The van der Waals surface area contributed by atoms with Gasteiger partial charge >= 0.3 is 0 Å². The Morgan fingerprint density at radius 1 is 1.30 bits per heavy atom. The molecular formula is C6H10F3N. The normalized spacial score (nSPS) is 49.2. The van der Waals surface area contributed by atoms with Crippen LogP contribution in [-0.2, 0) is 0 Å². The Kier molecular flexibility index (Phi) is 2.18. The Bertz CT molecular complexity index is 106. The zero-order valence-corrected chi connectivity index (χ0v) is 5.65. The summed E-state index contributed by atoms with van der Waals surface area (Å²) in [7, 11) is 0. The molecule has 1 nitrogen and oxygen atoms in total. The number of halogens is 3. The van der Waals surface area contributed by atoms with Gasteiger partial charge in [0.1, 0.15) is 12.3 Å². The third kappa shape index (κ3) is 1.26. The molecule has 0 amide bonds. The number of hydrogen-bond acceptors (Lipinski definition) is 1. The Hall–Kier alpha value is -0.250. The van der Waals surface area contributed by atoms with E-state index in [0.717, 1.165) is 0 Å². The molecule has 0 aliphatic carbocycles. The topological polar surface area (TPSA) is 12.0 Å². The van der Waals surface area contributed by atoms with E-state index in [4.69, 9.17) is 0 Å². The molecule has 1 aliphatic heterocycles. The van der Waals surface area contributed by atoms with E-state index >= 15 is 0 Å². The third-order valence-corrected chi connectivity index (χ3v) is 1.82. The summed E-state index contributed by atoms with van der Waals surface area (Å²) in [6.07, 6.45) is -4.61. The molecule has 0 radical (unpaired) electrons. The summed E-state index contributed by atoms with van der Waals surface area (Å²) in [5.74, 6) is -0.872. The molecule has 0 aromatic rings. The first kappa shape index (κ1) is 7.85. The first-order chi connectivity index (χ1) is 4.63. The van der Waals surface area contributed by atoms with Gasteiger partial charge in [-0.15, -0.1) is 0 Å². The van der Waals surface area contributed by atoms with E-state index in [2.05, 4.69) is 5.32 Å². The van der Waals surface area contributed by atoms with Gasteiger partial charge in [0.05, 0.1) is 0 Å². The monoisotopic (exact) mass is 153 g/mol. The third-order valence-electron chi connectivity index (χ3n) is 1.82. The number of alkyl halides is 3. The Morgan fingerprint density at radius 3 is 2.40 bits per heavy atom. The summed E-state index contributed by atoms with van der Waals surface area (Å²) in [5, 5.41) is 2.23. The zero-order chi connectivity index (χ0) is 7.72. The van der Waals surface area contributed by atoms with Crippen molar-refractivity contribution < 1.29 is 13.2 Å². The summed E-state index contributed by atoms with van der Waals surface area (Å²) in [6.45, 7) is 1.14. The Labute approximate surface area is 57.6 Å². The van der Waals surface area contributed by atoms with Gasteiger partial charge in [0.2, 0.25) is 0 Å².